The van der Waals surface area contributed by atoms with E-state index in [0.29, 0.717) is 12.5 Å². The number of nitrogens with two attached hydrogens (primary N) is 1. The Bertz CT molecular complexity index is 438. The number of ether oxygens (including phenoxy) is 1. The Labute approximate surface area is 120 Å². The summed E-state index contributed by atoms with van der Waals surface area (Å²) in [7, 11) is 0. The molecule has 0 amide bonds. The zero-order valence-corrected chi connectivity index (χ0v) is 12.3. The highest BCUT2D eigenvalue weighted by molar-refractivity contribution is 5.70. The molecule has 0 bridgehead atoms. The van der Waals surface area contributed by atoms with Crippen LogP contribution in [0.3, 0.4) is 0 Å². The number of hydrogen-bond donors (Lipinski definition) is 2. The summed E-state index contributed by atoms with van der Waals surface area (Å²) in [6.07, 6.45) is 2.60. The fourth-order valence-electron chi connectivity index (χ4n) is 2.64. The van der Waals surface area contributed by atoms with Crippen LogP contribution in [0, 0.1) is 0 Å². The Morgan fingerprint density at radius 3 is 2.70 bits per heavy atom. The third kappa shape index (κ3) is 3.97. The zero-order valence-electron chi connectivity index (χ0n) is 12.3. The van der Waals surface area contributed by atoms with Crippen LogP contribution in [0.1, 0.15) is 44.6 Å². The van der Waals surface area contributed by atoms with E-state index >= 15 is 0 Å². The summed E-state index contributed by atoms with van der Waals surface area (Å²) in [6, 6.07) is 7.97. The summed E-state index contributed by atoms with van der Waals surface area (Å²) in [6.45, 7) is 5.02. The molecule has 1 heterocycles. The van der Waals surface area contributed by atoms with Gasteiger partial charge in [-0.2, -0.15) is 0 Å². The minimum Gasteiger partial charge on any atom is -0.461 e. The van der Waals surface area contributed by atoms with Crippen molar-refractivity contribution in [2.45, 2.75) is 51.2 Å². The van der Waals surface area contributed by atoms with Crippen LogP contribution in [-0.2, 0) is 9.53 Å². The summed E-state index contributed by atoms with van der Waals surface area (Å²) < 4.78 is 5.52. The lowest BCUT2D eigenvalue weighted by Crippen LogP contribution is -2.36. The quantitative estimate of drug-likeness (QED) is 0.640. The topological polar surface area (TPSA) is 64.3 Å². The lowest BCUT2D eigenvalue weighted by molar-refractivity contribution is -0.149. The number of rotatable bonds is 5. The minimum atomic E-state index is -0.129. The maximum absolute atomic E-state index is 12.0. The van der Waals surface area contributed by atoms with Gasteiger partial charge < -0.3 is 15.8 Å². The number of carbonyl (C=O) groups excluding carboxylic acids is 1. The van der Waals surface area contributed by atoms with Crippen molar-refractivity contribution in [3.05, 3.63) is 29.8 Å². The maximum Gasteiger partial charge on any atom is 0.306 e. The molecule has 1 aromatic carbocycles. The van der Waals surface area contributed by atoms with E-state index in [4.69, 9.17) is 10.5 Å². The molecule has 1 aliphatic rings. The van der Waals surface area contributed by atoms with Gasteiger partial charge in [-0.05, 0) is 49.9 Å². The maximum atomic E-state index is 12.0. The molecule has 20 heavy (non-hydrogen) atoms. The highest BCUT2D eigenvalue weighted by Gasteiger charge is 2.24. The average molecular weight is 276 g/mol. The van der Waals surface area contributed by atoms with Crippen LogP contribution in [0.5, 0.6) is 0 Å². The van der Waals surface area contributed by atoms with Gasteiger partial charge in [0.1, 0.15) is 6.10 Å². The van der Waals surface area contributed by atoms with Gasteiger partial charge in [0, 0.05) is 11.7 Å². The van der Waals surface area contributed by atoms with Gasteiger partial charge in [0.05, 0.1) is 6.42 Å². The fourth-order valence-corrected chi connectivity index (χ4v) is 2.64. The Morgan fingerprint density at radius 2 is 2.10 bits per heavy atom. The minimum absolute atomic E-state index is 0.0522. The summed E-state index contributed by atoms with van der Waals surface area (Å²) in [5.74, 6) is 0.0161. The number of nitrogen functional groups attached to an aromatic ring is 1. The lowest BCUT2D eigenvalue weighted by atomic mass is 9.97. The van der Waals surface area contributed by atoms with E-state index in [0.717, 1.165) is 30.6 Å². The molecular weight excluding hydrogens is 252 g/mol. The van der Waals surface area contributed by atoms with Crippen molar-refractivity contribution in [3.8, 4) is 0 Å². The van der Waals surface area contributed by atoms with E-state index in [2.05, 4.69) is 5.32 Å². The van der Waals surface area contributed by atoms with Crippen LogP contribution in [0.4, 0.5) is 5.69 Å². The van der Waals surface area contributed by atoms with E-state index in [1.807, 2.05) is 38.1 Å². The lowest BCUT2D eigenvalue weighted by Gasteiger charge is -2.21. The van der Waals surface area contributed by atoms with Crippen molar-refractivity contribution in [3.63, 3.8) is 0 Å². The van der Waals surface area contributed by atoms with Crippen molar-refractivity contribution in [2.24, 2.45) is 0 Å². The second-order valence-electron chi connectivity index (χ2n) is 5.67. The van der Waals surface area contributed by atoms with Crippen LogP contribution in [0.25, 0.3) is 0 Å². The Morgan fingerprint density at radius 1 is 1.40 bits per heavy atom. The third-order valence-electron chi connectivity index (χ3n) is 3.96. The van der Waals surface area contributed by atoms with Crippen molar-refractivity contribution < 1.29 is 9.53 Å². The number of nitrogens with one attached hydrogen (secondary N) is 1. The predicted octanol–water partition coefficient (Wildman–Crippen LogP) is 2.45. The smallest absolute Gasteiger partial charge is 0.306 e. The molecule has 1 fully saturated rings. The first-order valence-electron chi connectivity index (χ1n) is 7.34. The molecule has 1 saturated heterocycles. The Kier molecular flexibility index (Phi) is 5.01. The number of hydrogen-bond acceptors (Lipinski definition) is 4. The van der Waals surface area contributed by atoms with Gasteiger partial charge in [0.25, 0.3) is 0 Å². The van der Waals surface area contributed by atoms with Gasteiger partial charge in [0.15, 0.2) is 0 Å². The van der Waals surface area contributed by atoms with Crippen LogP contribution in [0.2, 0.25) is 0 Å². The summed E-state index contributed by atoms with van der Waals surface area (Å²) in [5.41, 5.74) is 7.52. The second-order valence-corrected chi connectivity index (χ2v) is 5.67. The molecule has 2 rings (SSSR count). The molecular formula is C16H24N2O2. The third-order valence-corrected chi connectivity index (χ3v) is 3.96. The van der Waals surface area contributed by atoms with Crippen molar-refractivity contribution >= 4 is 11.7 Å². The summed E-state index contributed by atoms with van der Waals surface area (Å²) >= 11 is 0. The molecule has 3 N–H and O–H groups in total. The van der Waals surface area contributed by atoms with Crippen molar-refractivity contribution in [1.82, 2.24) is 5.32 Å². The van der Waals surface area contributed by atoms with Crippen molar-refractivity contribution in [1.29, 1.82) is 0 Å². The van der Waals surface area contributed by atoms with E-state index in [9.17, 15) is 4.79 Å². The largest absolute Gasteiger partial charge is 0.461 e. The normalized spacial score (nSPS) is 21.4. The SMILES string of the molecule is CC(CC(=O)OC(C)C1CCCN1)c1ccc(N)cc1. The standard InChI is InChI=1S/C16H24N2O2/c1-11(13-5-7-14(17)8-6-13)10-16(19)20-12(2)15-4-3-9-18-15/h5-8,11-12,15,18H,3-4,9-10,17H2,1-2H3. The molecule has 4 nitrogen and oxygen atoms in total. The molecule has 1 aliphatic heterocycles. The highest BCUT2D eigenvalue weighted by Crippen LogP contribution is 2.21. The molecule has 4 heteroatoms. The van der Waals surface area contributed by atoms with Crippen molar-refractivity contribution in [2.75, 3.05) is 12.3 Å². The number of carbonyl (C=O) groups is 1. The van der Waals surface area contributed by atoms with Gasteiger partial charge >= 0.3 is 5.97 Å². The average Bonchev–Trinajstić information content (AvgIpc) is 2.93. The van der Waals surface area contributed by atoms with Gasteiger partial charge in [-0.15, -0.1) is 0 Å². The fraction of sp³-hybridized carbons (Fsp3) is 0.562. The first kappa shape index (κ1) is 14.9. The number of esters is 1. The number of benzene rings is 1. The Balaban J connectivity index is 1.82. The predicted molar refractivity (Wildman–Crippen MR) is 80.5 cm³/mol. The van der Waals surface area contributed by atoms with Crippen LogP contribution >= 0.6 is 0 Å². The molecule has 3 atom stereocenters. The van der Waals surface area contributed by atoms with Crippen LogP contribution in [-0.4, -0.2) is 24.7 Å². The van der Waals surface area contributed by atoms with Gasteiger partial charge in [-0.3, -0.25) is 4.79 Å². The summed E-state index contributed by atoms with van der Waals surface area (Å²) in [4.78, 5) is 12.0. The van der Waals surface area contributed by atoms with E-state index in [1.165, 1.54) is 0 Å². The summed E-state index contributed by atoms with van der Waals surface area (Å²) in [5, 5.41) is 3.36. The van der Waals surface area contributed by atoms with E-state index in [-0.39, 0.29) is 18.0 Å². The second kappa shape index (κ2) is 6.75. The molecule has 0 aliphatic carbocycles. The molecule has 0 spiro atoms. The van der Waals surface area contributed by atoms with E-state index < -0.39 is 0 Å². The molecule has 0 radical (unpaired) electrons. The first-order valence-corrected chi connectivity index (χ1v) is 7.34. The zero-order chi connectivity index (χ0) is 14.5. The molecule has 1 aromatic rings. The monoisotopic (exact) mass is 276 g/mol. The van der Waals surface area contributed by atoms with Gasteiger partial charge in [-0.1, -0.05) is 19.1 Å². The van der Waals surface area contributed by atoms with Crippen LogP contribution < -0.4 is 11.1 Å². The highest BCUT2D eigenvalue weighted by atomic mass is 16.5. The molecule has 0 saturated carbocycles. The Hall–Kier alpha value is -1.55. The van der Waals surface area contributed by atoms with Gasteiger partial charge in [0.2, 0.25) is 0 Å². The molecule has 110 valence electrons. The molecule has 3 unspecified atom stereocenters. The number of anilines is 1. The van der Waals surface area contributed by atoms with Crippen LogP contribution in [0.15, 0.2) is 24.3 Å². The molecule has 0 aromatic heterocycles. The first-order chi connectivity index (χ1) is 9.56. The van der Waals surface area contributed by atoms with E-state index in [1.54, 1.807) is 0 Å². The van der Waals surface area contributed by atoms with Gasteiger partial charge in [-0.25, -0.2) is 0 Å².